The van der Waals surface area contributed by atoms with Crippen molar-refractivity contribution >= 4 is 5.49 Å². The van der Waals surface area contributed by atoms with Gasteiger partial charge in [0, 0.05) is 0 Å². The molecule has 0 atom stereocenters. The molecule has 0 unspecified atom stereocenters. The summed E-state index contributed by atoms with van der Waals surface area (Å²) in [7, 11) is 0. The molecule has 0 fully saturated rings. The van der Waals surface area contributed by atoms with Crippen molar-refractivity contribution in [2.75, 3.05) is 0 Å². The van der Waals surface area contributed by atoms with Crippen LogP contribution in [-0.2, 0) is 23.0 Å². The van der Waals surface area contributed by atoms with E-state index in [4.69, 9.17) is 0 Å². The Morgan fingerprint density at radius 3 is 1.07 bits per heavy atom. The Hall–Kier alpha value is -0.213. The Labute approximate surface area is 102 Å². The van der Waals surface area contributed by atoms with Crippen LogP contribution in [-0.4, -0.2) is 5.49 Å². The smallest absolute Gasteiger partial charge is 0.172 e. The third-order valence-corrected chi connectivity index (χ3v) is 1.11. The Morgan fingerprint density at radius 1 is 0.786 bits per heavy atom. The summed E-state index contributed by atoms with van der Waals surface area (Å²) in [5, 5.41) is 0. The molecule has 0 aliphatic rings. The SMILES string of the molecule is C[Si](C)=[Hf+2].c1cc[cH-]c1.c1cc[cH-]c1. The summed E-state index contributed by atoms with van der Waals surface area (Å²) in [6.45, 7) is 4.66. The molecule has 0 aliphatic carbocycles. The predicted octanol–water partition coefficient (Wildman–Crippen LogP) is 3.60. The van der Waals surface area contributed by atoms with E-state index in [1.807, 2.05) is 60.7 Å². The molecule has 0 nitrogen and oxygen atoms in total. The molecule has 0 amide bonds. The van der Waals surface area contributed by atoms with Gasteiger partial charge in [0.2, 0.25) is 0 Å². The van der Waals surface area contributed by atoms with Gasteiger partial charge in [-0.3, -0.25) is 0 Å². The van der Waals surface area contributed by atoms with Crippen LogP contribution in [0.15, 0.2) is 60.7 Å². The second-order valence-electron chi connectivity index (χ2n) is 2.92. The molecule has 0 spiro atoms. The Bertz CT molecular complexity index is 217. The first-order chi connectivity index (χ1) is 6.73. The van der Waals surface area contributed by atoms with E-state index < -0.39 is 0 Å². The molecule has 0 aliphatic heterocycles. The summed E-state index contributed by atoms with van der Waals surface area (Å²) in [6, 6.07) is 20.0. The standard InChI is InChI=1S/2C5H5.C2H6Si.Hf/c2*1-2-4-5-3-1;1-3-2;/h2*1-5H;1-2H3;/q2*-1;;+2. The van der Waals surface area contributed by atoms with Crippen LogP contribution >= 0.6 is 0 Å². The van der Waals surface area contributed by atoms with Gasteiger partial charge in [-0.15, -0.1) is 0 Å². The quantitative estimate of drug-likeness (QED) is 0.493. The summed E-state index contributed by atoms with van der Waals surface area (Å²) in [6.07, 6.45) is 0. The van der Waals surface area contributed by atoms with Crippen molar-refractivity contribution in [2.24, 2.45) is 0 Å². The average Bonchev–Trinajstić information content (AvgIpc) is 2.83. The maximum absolute atomic E-state index is 2.33. The van der Waals surface area contributed by atoms with E-state index in [9.17, 15) is 0 Å². The van der Waals surface area contributed by atoms with Crippen molar-refractivity contribution in [1.29, 1.82) is 0 Å². The minimum atomic E-state index is 0.259. The van der Waals surface area contributed by atoms with Crippen molar-refractivity contribution in [3.8, 4) is 0 Å². The third kappa shape index (κ3) is 14.3. The van der Waals surface area contributed by atoms with Crippen molar-refractivity contribution in [1.82, 2.24) is 0 Å². The van der Waals surface area contributed by atoms with E-state index in [0.29, 0.717) is 0 Å². The molecule has 2 aromatic carbocycles. The van der Waals surface area contributed by atoms with Crippen LogP contribution in [0.5, 0.6) is 0 Å². The van der Waals surface area contributed by atoms with Crippen LogP contribution in [0, 0.1) is 0 Å². The van der Waals surface area contributed by atoms with Gasteiger partial charge in [-0.05, 0) is 0 Å². The van der Waals surface area contributed by atoms with Gasteiger partial charge >= 0.3 is 41.6 Å². The van der Waals surface area contributed by atoms with Gasteiger partial charge in [0.1, 0.15) is 0 Å². The normalized spacial score (nSPS) is 7.71. The predicted molar refractivity (Wildman–Crippen MR) is 61.6 cm³/mol. The van der Waals surface area contributed by atoms with Crippen LogP contribution in [0.2, 0.25) is 13.1 Å². The van der Waals surface area contributed by atoms with Gasteiger partial charge in [-0.25, -0.2) is 24.3 Å². The van der Waals surface area contributed by atoms with Crippen LogP contribution in [0.3, 0.4) is 0 Å². The maximum atomic E-state index is 2.33. The minimum Gasteiger partial charge on any atom is -0.214 e. The van der Waals surface area contributed by atoms with E-state index in [2.05, 4.69) is 13.1 Å². The van der Waals surface area contributed by atoms with Crippen LogP contribution < -0.4 is 0 Å². The number of rotatable bonds is 0. The van der Waals surface area contributed by atoms with Gasteiger partial charge in [0.25, 0.3) is 0 Å². The molecule has 0 saturated heterocycles. The summed E-state index contributed by atoms with van der Waals surface area (Å²) in [5.41, 5.74) is 0.259. The zero-order valence-electron chi connectivity index (χ0n) is 8.77. The molecule has 0 aromatic heterocycles. The zero-order chi connectivity index (χ0) is 10.6. The van der Waals surface area contributed by atoms with Gasteiger partial charge in [-0.2, -0.15) is 36.4 Å². The molecule has 0 saturated carbocycles. The monoisotopic (exact) mass is 368 g/mol. The molecule has 0 N–H and O–H groups in total. The molecule has 0 bridgehead atoms. The first-order valence-corrected chi connectivity index (χ1v) is 12.5. The van der Waals surface area contributed by atoms with Crippen molar-refractivity contribution < 1.29 is 23.0 Å². The molecular weight excluding hydrogens is 351 g/mol. The topological polar surface area (TPSA) is 0 Å². The summed E-state index contributed by atoms with van der Waals surface area (Å²) in [4.78, 5) is 0. The number of hydrogen-bond donors (Lipinski definition) is 0. The Balaban J connectivity index is 0.000000183. The molecular formula is C12H16HfSi. The fourth-order valence-corrected chi connectivity index (χ4v) is 0.642. The fraction of sp³-hybridized carbons (Fsp3) is 0.167. The second-order valence-corrected chi connectivity index (χ2v) is 15.7. The fourth-order valence-electron chi connectivity index (χ4n) is 0.642. The van der Waals surface area contributed by atoms with Gasteiger partial charge < -0.3 is 0 Å². The zero-order valence-corrected chi connectivity index (χ0v) is 13.4. The summed E-state index contributed by atoms with van der Waals surface area (Å²) < 4.78 is 0. The largest absolute Gasteiger partial charge is 0.214 e. The van der Waals surface area contributed by atoms with E-state index in [-0.39, 0.29) is 5.49 Å². The molecule has 2 aromatic rings. The molecule has 0 heterocycles. The second kappa shape index (κ2) is 10.9. The number of hydrogen-bond acceptors (Lipinski definition) is 0. The van der Waals surface area contributed by atoms with Crippen molar-refractivity contribution in [3.05, 3.63) is 60.7 Å². The molecule has 2 rings (SSSR count). The van der Waals surface area contributed by atoms with E-state index in [1.54, 1.807) is 0 Å². The maximum Gasteiger partial charge on any atom is -0.172 e. The molecule has 14 heavy (non-hydrogen) atoms. The van der Waals surface area contributed by atoms with Crippen molar-refractivity contribution in [3.63, 3.8) is 0 Å². The first kappa shape index (κ1) is 13.8. The summed E-state index contributed by atoms with van der Waals surface area (Å²) in [5.74, 6) is 0. The average molecular weight is 367 g/mol. The van der Waals surface area contributed by atoms with Crippen LogP contribution in [0.25, 0.3) is 0 Å². The van der Waals surface area contributed by atoms with E-state index >= 15 is 0 Å². The van der Waals surface area contributed by atoms with Gasteiger partial charge in [-0.1, -0.05) is 0 Å². The van der Waals surface area contributed by atoms with Gasteiger partial charge in [0.05, 0.1) is 0 Å². The molecule has 0 radical (unpaired) electrons. The summed E-state index contributed by atoms with van der Waals surface area (Å²) >= 11 is 1.45. The van der Waals surface area contributed by atoms with Crippen molar-refractivity contribution in [2.45, 2.75) is 13.1 Å². The van der Waals surface area contributed by atoms with Crippen LogP contribution in [0.1, 0.15) is 0 Å². The van der Waals surface area contributed by atoms with E-state index in [0.717, 1.165) is 0 Å². The third-order valence-electron chi connectivity index (χ3n) is 1.11. The van der Waals surface area contributed by atoms with Gasteiger partial charge in [0.15, 0.2) is 0 Å². The van der Waals surface area contributed by atoms with Crippen LogP contribution in [0.4, 0.5) is 0 Å². The molecule has 2 heteroatoms. The van der Waals surface area contributed by atoms with E-state index in [1.165, 1.54) is 23.0 Å². The Morgan fingerprint density at radius 2 is 1.00 bits per heavy atom. The Kier molecular flexibility index (Phi) is 10.7. The molecule has 72 valence electrons. The first-order valence-electron chi connectivity index (χ1n) is 4.58. The minimum absolute atomic E-state index is 0.259.